The van der Waals surface area contributed by atoms with Crippen LogP contribution in [-0.4, -0.2) is 42.1 Å². The average Bonchev–Trinajstić information content (AvgIpc) is 2.65. The molecule has 1 aromatic heterocycles. The lowest BCUT2D eigenvalue weighted by molar-refractivity contribution is 0.412. The quantitative estimate of drug-likeness (QED) is 0.684. The molecule has 3 rings (SSSR count). The molecular formula is C20H20FN5. The maximum absolute atomic E-state index is 13.8. The second-order valence-electron chi connectivity index (χ2n) is 6.39. The van der Waals surface area contributed by atoms with Crippen LogP contribution in [0.1, 0.15) is 11.1 Å². The van der Waals surface area contributed by atoms with Crippen molar-refractivity contribution < 1.29 is 4.39 Å². The first-order valence-corrected chi connectivity index (χ1v) is 8.36. The Bertz CT molecular complexity index is 931. The smallest absolute Gasteiger partial charge is 0.140 e. The van der Waals surface area contributed by atoms with E-state index in [1.54, 1.807) is 18.2 Å². The molecule has 0 unspecified atom stereocenters. The largest absolute Gasteiger partial charge is 0.350 e. The number of rotatable bonds is 6. The van der Waals surface area contributed by atoms with E-state index in [1.165, 1.54) is 18.5 Å². The fourth-order valence-electron chi connectivity index (χ4n) is 2.75. The van der Waals surface area contributed by atoms with Crippen LogP contribution in [0.4, 0.5) is 10.2 Å². The number of halogens is 1. The lowest BCUT2D eigenvalue weighted by atomic mass is 10.1. The average molecular weight is 349 g/mol. The highest BCUT2D eigenvalue weighted by Gasteiger charge is 2.14. The topological polar surface area (TPSA) is 56.0 Å². The molecule has 0 saturated carbocycles. The number of anilines is 1. The van der Waals surface area contributed by atoms with Gasteiger partial charge in [-0.2, -0.15) is 5.26 Å². The summed E-state index contributed by atoms with van der Waals surface area (Å²) in [6.45, 7) is 2.18. The Balaban J connectivity index is 1.97. The Labute approximate surface area is 152 Å². The minimum Gasteiger partial charge on any atom is -0.350 e. The first-order chi connectivity index (χ1) is 12.6. The van der Waals surface area contributed by atoms with Crippen LogP contribution in [0.15, 0.2) is 48.8 Å². The molecule has 0 atom stereocenters. The summed E-state index contributed by atoms with van der Waals surface area (Å²) in [5.74, 6) is 0.403. The van der Waals surface area contributed by atoms with Crippen LogP contribution >= 0.6 is 0 Å². The van der Waals surface area contributed by atoms with Crippen molar-refractivity contribution in [3.05, 3.63) is 65.7 Å². The Hall–Kier alpha value is -3.04. The normalized spacial score (nSPS) is 10.9. The van der Waals surface area contributed by atoms with Crippen molar-refractivity contribution in [1.82, 2.24) is 14.9 Å². The lowest BCUT2D eigenvalue weighted by Crippen LogP contribution is -2.32. The van der Waals surface area contributed by atoms with Crippen LogP contribution in [0.25, 0.3) is 10.9 Å². The van der Waals surface area contributed by atoms with Gasteiger partial charge in [-0.05, 0) is 50.0 Å². The van der Waals surface area contributed by atoms with Crippen LogP contribution in [-0.2, 0) is 6.54 Å². The van der Waals surface area contributed by atoms with Crippen LogP contribution in [0.3, 0.4) is 0 Å². The van der Waals surface area contributed by atoms with Crippen LogP contribution in [0.2, 0.25) is 0 Å². The monoisotopic (exact) mass is 349 g/mol. The molecule has 132 valence electrons. The summed E-state index contributed by atoms with van der Waals surface area (Å²) in [6, 6.07) is 14.2. The van der Waals surface area contributed by atoms with E-state index in [0.717, 1.165) is 18.7 Å². The Morgan fingerprint density at radius 2 is 1.81 bits per heavy atom. The number of aromatic nitrogens is 2. The number of nitriles is 1. The number of likely N-dealkylation sites (N-methyl/N-ethyl adjacent to an activating group) is 1. The fourth-order valence-corrected chi connectivity index (χ4v) is 2.75. The first kappa shape index (κ1) is 17.8. The van der Waals surface area contributed by atoms with Gasteiger partial charge in [-0.25, -0.2) is 14.4 Å². The van der Waals surface area contributed by atoms with Crippen LogP contribution < -0.4 is 4.90 Å². The molecule has 0 aliphatic rings. The Morgan fingerprint density at radius 3 is 2.50 bits per heavy atom. The van der Waals surface area contributed by atoms with Gasteiger partial charge in [0.15, 0.2) is 0 Å². The summed E-state index contributed by atoms with van der Waals surface area (Å²) < 4.78 is 13.8. The highest BCUT2D eigenvalue weighted by atomic mass is 19.1. The number of nitrogens with zero attached hydrogens (tertiary/aromatic N) is 5. The van der Waals surface area contributed by atoms with Gasteiger partial charge in [-0.1, -0.05) is 12.1 Å². The lowest BCUT2D eigenvalue weighted by Gasteiger charge is -2.26. The third-order valence-electron chi connectivity index (χ3n) is 4.15. The predicted molar refractivity (Wildman–Crippen MR) is 100 cm³/mol. The van der Waals surface area contributed by atoms with Crippen molar-refractivity contribution in [2.24, 2.45) is 0 Å². The molecule has 2 aromatic carbocycles. The number of hydrogen-bond acceptors (Lipinski definition) is 5. The molecule has 6 heteroatoms. The predicted octanol–water partition coefficient (Wildman–Crippen LogP) is 3.21. The minimum atomic E-state index is -0.306. The van der Waals surface area contributed by atoms with Gasteiger partial charge >= 0.3 is 0 Å². The first-order valence-electron chi connectivity index (χ1n) is 8.36. The van der Waals surface area contributed by atoms with E-state index in [-0.39, 0.29) is 5.82 Å². The summed E-state index contributed by atoms with van der Waals surface area (Å²) in [5.41, 5.74) is 2.40. The second kappa shape index (κ2) is 7.89. The van der Waals surface area contributed by atoms with E-state index in [9.17, 15) is 4.39 Å². The highest BCUT2D eigenvalue weighted by Crippen LogP contribution is 2.25. The van der Waals surface area contributed by atoms with Crippen LogP contribution in [0, 0.1) is 17.1 Å². The zero-order valence-corrected chi connectivity index (χ0v) is 14.9. The van der Waals surface area contributed by atoms with Gasteiger partial charge in [0.2, 0.25) is 0 Å². The van der Waals surface area contributed by atoms with E-state index >= 15 is 0 Å². The van der Waals surface area contributed by atoms with E-state index in [2.05, 4.69) is 25.8 Å². The van der Waals surface area contributed by atoms with Crippen LogP contribution in [0.5, 0.6) is 0 Å². The molecular weight excluding hydrogens is 329 g/mol. The van der Waals surface area contributed by atoms with Gasteiger partial charge < -0.3 is 9.80 Å². The molecule has 0 radical (unpaired) electrons. The number of fused-ring (bicyclic) bond motifs is 1. The SMILES string of the molecule is CN(C)CCN(Cc1ccc(C#N)cc1)c1ncnc2ccc(F)cc12. The van der Waals surface area contributed by atoms with E-state index in [0.29, 0.717) is 28.8 Å². The molecule has 1 heterocycles. The van der Waals surface area contributed by atoms with Gasteiger partial charge in [-0.15, -0.1) is 0 Å². The summed E-state index contributed by atoms with van der Waals surface area (Å²) in [7, 11) is 4.02. The molecule has 0 aliphatic heterocycles. The zero-order chi connectivity index (χ0) is 18.5. The summed E-state index contributed by atoms with van der Waals surface area (Å²) in [4.78, 5) is 12.9. The third kappa shape index (κ3) is 4.13. The molecule has 26 heavy (non-hydrogen) atoms. The Morgan fingerprint density at radius 1 is 1.04 bits per heavy atom. The fraction of sp³-hybridized carbons (Fsp3) is 0.250. The molecule has 0 fully saturated rings. The Kier molecular flexibility index (Phi) is 5.40. The van der Waals surface area contributed by atoms with Crippen molar-refractivity contribution in [2.75, 3.05) is 32.1 Å². The standard InChI is InChI=1S/C20H20FN5/c1-25(2)9-10-26(13-16-5-3-15(12-22)4-6-16)20-18-11-17(21)7-8-19(18)23-14-24-20/h3-8,11,14H,9-10,13H2,1-2H3. The summed E-state index contributed by atoms with van der Waals surface area (Å²) >= 11 is 0. The minimum absolute atomic E-state index is 0.306. The van der Waals surface area contributed by atoms with Gasteiger partial charge in [0.05, 0.1) is 17.1 Å². The van der Waals surface area contributed by atoms with Gasteiger partial charge in [0.25, 0.3) is 0 Å². The molecule has 0 spiro atoms. The third-order valence-corrected chi connectivity index (χ3v) is 4.15. The molecule has 0 saturated heterocycles. The van der Waals surface area contributed by atoms with Crippen molar-refractivity contribution in [3.8, 4) is 6.07 Å². The molecule has 0 N–H and O–H groups in total. The molecule has 5 nitrogen and oxygen atoms in total. The molecule has 0 amide bonds. The van der Waals surface area contributed by atoms with Crippen molar-refractivity contribution in [1.29, 1.82) is 5.26 Å². The van der Waals surface area contributed by atoms with Gasteiger partial charge in [0, 0.05) is 25.0 Å². The summed E-state index contributed by atoms with van der Waals surface area (Å²) in [6.07, 6.45) is 1.51. The van der Waals surface area contributed by atoms with Crippen molar-refractivity contribution in [2.45, 2.75) is 6.54 Å². The molecule has 0 bridgehead atoms. The van der Waals surface area contributed by atoms with E-state index in [4.69, 9.17) is 5.26 Å². The molecule has 0 aliphatic carbocycles. The maximum Gasteiger partial charge on any atom is 0.140 e. The van der Waals surface area contributed by atoms with E-state index < -0.39 is 0 Å². The number of hydrogen-bond donors (Lipinski definition) is 0. The van der Waals surface area contributed by atoms with Gasteiger partial charge in [-0.3, -0.25) is 0 Å². The van der Waals surface area contributed by atoms with Crippen molar-refractivity contribution in [3.63, 3.8) is 0 Å². The number of benzene rings is 2. The second-order valence-corrected chi connectivity index (χ2v) is 6.39. The van der Waals surface area contributed by atoms with E-state index in [1.807, 2.05) is 26.2 Å². The highest BCUT2D eigenvalue weighted by molar-refractivity contribution is 5.89. The zero-order valence-electron chi connectivity index (χ0n) is 14.9. The maximum atomic E-state index is 13.8. The van der Waals surface area contributed by atoms with Gasteiger partial charge in [0.1, 0.15) is 18.0 Å². The molecule has 3 aromatic rings. The van der Waals surface area contributed by atoms with Crippen molar-refractivity contribution >= 4 is 16.7 Å². The summed E-state index contributed by atoms with van der Waals surface area (Å²) in [5, 5.41) is 9.65.